The Morgan fingerprint density at radius 3 is 2.87 bits per heavy atom. The van der Waals surface area contributed by atoms with Gasteiger partial charge in [-0.15, -0.1) is 21.5 Å². The van der Waals surface area contributed by atoms with E-state index < -0.39 is 0 Å². The zero-order valence-electron chi connectivity index (χ0n) is 12.5. The molecule has 1 unspecified atom stereocenters. The Morgan fingerprint density at radius 2 is 2.09 bits per heavy atom. The Kier molecular flexibility index (Phi) is 5.94. The minimum atomic E-state index is 0.246. The van der Waals surface area contributed by atoms with Gasteiger partial charge in [0.2, 0.25) is 5.13 Å². The zero-order chi connectivity index (χ0) is 16.1. The number of nitrogens with one attached hydrogen (secondary N) is 1. The average molecular weight is 382 g/mol. The second-order valence-corrected chi connectivity index (χ2v) is 8.92. The van der Waals surface area contributed by atoms with Crippen molar-refractivity contribution in [1.82, 2.24) is 10.2 Å². The van der Waals surface area contributed by atoms with Crippen LogP contribution in [0.4, 0.5) is 5.13 Å². The molecular weight excluding hydrogens is 366 g/mol. The summed E-state index contributed by atoms with van der Waals surface area (Å²) < 4.78 is 0.955. The number of hydrogen-bond donors (Lipinski definition) is 1. The fraction of sp³-hybridized carbons (Fsp3) is 0.250. The number of benzene rings is 1. The lowest BCUT2D eigenvalue weighted by Crippen LogP contribution is -2.03. The molecule has 0 amide bonds. The maximum absolute atomic E-state index is 6.25. The van der Waals surface area contributed by atoms with Crippen molar-refractivity contribution in [3.8, 4) is 0 Å². The molecule has 1 aromatic carbocycles. The minimum Gasteiger partial charge on any atom is -0.360 e. The topological polar surface area (TPSA) is 37.8 Å². The summed E-state index contributed by atoms with van der Waals surface area (Å²) in [6.45, 7) is 3.01. The molecule has 3 aromatic rings. The fourth-order valence-corrected chi connectivity index (χ4v) is 5.26. The van der Waals surface area contributed by atoms with Crippen molar-refractivity contribution in [2.24, 2.45) is 0 Å². The van der Waals surface area contributed by atoms with E-state index in [1.807, 2.05) is 18.2 Å². The Balaban J connectivity index is 1.53. The molecule has 2 aromatic heterocycles. The highest BCUT2D eigenvalue weighted by molar-refractivity contribution is 8.01. The SMILES string of the molecule is CC(Sc1nnc(NCCc2cccs2)s1)c1ccccc1Cl. The van der Waals surface area contributed by atoms with E-state index in [4.69, 9.17) is 11.6 Å². The lowest BCUT2D eigenvalue weighted by atomic mass is 10.2. The summed E-state index contributed by atoms with van der Waals surface area (Å²) in [5.74, 6) is 0. The van der Waals surface area contributed by atoms with Crippen LogP contribution in [0.1, 0.15) is 22.6 Å². The van der Waals surface area contributed by atoms with Gasteiger partial charge in [-0.25, -0.2) is 0 Å². The van der Waals surface area contributed by atoms with E-state index in [0.717, 1.165) is 33.0 Å². The summed E-state index contributed by atoms with van der Waals surface area (Å²) in [4.78, 5) is 1.38. The fourth-order valence-electron chi connectivity index (χ4n) is 2.10. The van der Waals surface area contributed by atoms with Gasteiger partial charge in [0.15, 0.2) is 4.34 Å². The number of hydrogen-bond acceptors (Lipinski definition) is 6. The number of anilines is 1. The Hall–Kier alpha value is -1.08. The summed E-state index contributed by atoms with van der Waals surface area (Å²) in [6, 6.07) is 12.2. The van der Waals surface area contributed by atoms with E-state index in [-0.39, 0.29) is 5.25 Å². The first kappa shape index (κ1) is 16.8. The first-order valence-corrected chi connectivity index (χ1v) is 10.2. The minimum absolute atomic E-state index is 0.246. The quantitative estimate of drug-likeness (QED) is 0.528. The summed E-state index contributed by atoms with van der Waals surface area (Å²) in [7, 11) is 0. The van der Waals surface area contributed by atoms with Crippen LogP contribution in [0.25, 0.3) is 0 Å². The number of nitrogens with zero attached hydrogens (tertiary/aromatic N) is 2. The third-order valence-corrected chi connectivity index (χ3v) is 6.64. The number of thioether (sulfide) groups is 1. The van der Waals surface area contributed by atoms with Gasteiger partial charge in [0.25, 0.3) is 0 Å². The number of aromatic nitrogens is 2. The summed E-state index contributed by atoms with van der Waals surface area (Å²) >= 11 is 11.3. The van der Waals surface area contributed by atoms with E-state index in [9.17, 15) is 0 Å². The van der Waals surface area contributed by atoms with Gasteiger partial charge in [-0.05, 0) is 36.4 Å². The van der Waals surface area contributed by atoms with E-state index in [2.05, 4.69) is 46.0 Å². The lowest BCUT2D eigenvalue weighted by Gasteiger charge is -2.10. The Morgan fingerprint density at radius 1 is 1.22 bits per heavy atom. The van der Waals surface area contributed by atoms with Crippen molar-refractivity contribution in [3.63, 3.8) is 0 Å². The predicted octanol–water partition coefficient (Wildman–Crippen LogP) is 5.76. The molecule has 0 aliphatic heterocycles. The van der Waals surface area contributed by atoms with Crippen LogP contribution in [0, 0.1) is 0 Å². The van der Waals surface area contributed by atoms with Gasteiger partial charge in [0.1, 0.15) is 0 Å². The monoisotopic (exact) mass is 381 g/mol. The first-order valence-electron chi connectivity index (χ1n) is 7.23. The van der Waals surface area contributed by atoms with Crippen LogP contribution in [-0.4, -0.2) is 16.7 Å². The van der Waals surface area contributed by atoms with Crippen molar-refractivity contribution in [2.45, 2.75) is 22.9 Å². The van der Waals surface area contributed by atoms with Crippen LogP contribution < -0.4 is 5.32 Å². The molecule has 2 heterocycles. The van der Waals surface area contributed by atoms with Crippen LogP contribution in [0.15, 0.2) is 46.1 Å². The Labute approximate surface area is 153 Å². The second-order valence-electron chi connectivity index (χ2n) is 4.91. The highest BCUT2D eigenvalue weighted by atomic mass is 35.5. The van der Waals surface area contributed by atoms with Crippen LogP contribution >= 0.6 is 46.0 Å². The predicted molar refractivity (Wildman–Crippen MR) is 102 cm³/mol. The number of rotatable bonds is 7. The molecule has 0 fully saturated rings. The molecule has 120 valence electrons. The van der Waals surface area contributed by atoms with E-state index in [1.165, 1.54) is 4.88 Å². The molecule has 0 aliphatic rings. The van der Waals surface area contributed by atoms with Crippen molar-refractivity contribution in [1.29, 1.82) is 0 Å². The molecule has 7 heteroatoms. The van der Waals surface area contributed by atoms with Gasteiger partial charge < -0.3 is 5.32 Å². The third kappa shape index (κ3) is 4.70. The largest absolute Gasteiger partial charge is 0.360 e. The summed E-state index contributed by atoms with van der Waals surface area (Å²) in [5.41, 5.74) is 1.13. The van der Waals surface area contributed by atoms with Gasteiger partial charge in [-0.3, -0.25) is 0 Å². The molecule has 0 saturated heterocycles. The van der Waals surface area contributed by atoms with Gasteiger partial charge >= 0.3 is 0 Å². The van der Waals surface area contributed by atoms with Gasteiger partial charge in [0, 0.05) is 21.7 Å². The molecule has 23 heavy (non-hydrogen) atoms. The van der Waals surface area contributed by atoms with Gasteiger partial charge in [-0.2, -0.15) is 0 Å². The molecule has 0 saturated carbocycles. The highest BCUT2D eigenvalue weighted by Crippen LogP contribution is 2.39. The normalized spacial score (nSPS) is 12.3. The van der Waals surface area contributed by atoms with Crippen molar-refractivity contribution >= 4 is 51.2 Å². The zero-order valence-corrected chi connectivity index (χ0v) is 15.7. The van der Waals surface area contributed by atoms with Crippen LogP contribution in [0.3, 0.4) is 0 Å². The van der Waals surface area contributed by atoms with Gasteiger partial charge in [-0.1, -0.05) is 59.0 Å². The molecule has 0 radical (unpaired) electrons. The molecule has 1 N–H and O–H groups in total. The molecule has 0 bridgehead atoms. The van der Waals surface area contributed by atoms with E-state index >= 15 is 0 Å². The third-order valence-electron chi connectivity index (χ3n) is 3.25. The average Bonchev–Trinajstić information content (AvgIpc) is 3.20. The first-order chi connectivity index (χ1) is 11.2. The van der Waals surface area contributed by atoms with Gasteiger partial charge in [0.05, 0.1) is 0 Å². The molecule has 3 nitrogen and oxygen atoms in total. The van der Waals surface area contributed by atoms with Crippen LogP contribution in [-0.2, 0) is 6.42 Å². The van der Waals surface area contributed by atoms with Crippen molar-refractivity contribution in [3.05, 3.63) is 57.2 Å². The Bertz CT molecular complexity index is 743. The molecular formula is C16H16ClN3S3. The smallest absolute Gasteiger partial charge is 0.206 e. The van der Waals surface area contributed by atoms with E-state index in [0.29, 0.717) is 0 Å². The van der Waals surface area contributed by atoms with Crippen LogP contribution in [0.5, 0.6) is 0 Å². The summed E-state index contributed by atoms with van der Waals surface area (Å²) in [5, 5.41) is 15.8. The number of halogens is 1. The lowest BCUT2D eigenvalue weighted by molar-refractivity contribution is 0.975. The standard InChI is InChI=1S/C16H16ClN3S3/c1-11(13-6-2-3-7-14(13)17)22-16-20-19-15(23-16)18-9-8-12-5-4-10-21-12/h2-7,10-11H,8-9H2,1H3,(H,18,19). The number of thiophene rings is 1. The van der Waals surface area contributed by atoms with Crippen molar-refractivity contribution < 1.29 is 0 Å². The maximum atomic E-state index is 6.25. The molecule has 1 atom stereocenters. The second kappa shape index (κ2) is 8.15. The summed E-state index contributed by atoms with van der Waals surface area (Å²) in [6.07, 6.45) is 1.01. The van der Waals surface area contributed by atoms with Crippen LogP contribution in [0.2, 0.25) is 5.02 Å². The van der Waals surface area contributed by atoms with Crippen molar-refractivity contribution in [2.75, 3.05) is 11.9 Å². The van der Waals surface area contributed by atoms with E-state index in [1.54, 1.807) is 34.4 Å². The molecule has 0 spiro atoms. The maximum Gasteiger partial charge on any atom is 0.206 e. The molecule has 3 rings (SSSR count). The molecule has 0 aliphatic carbocycles. The highest BCUT2D eigenvalue weighted by Gasteiger charge is 2.14.